The molecule has 2 aromatic rings. The zero-order valence-electron chi connectivity index (χ0n) is 14.0. The number of rotatable bonds is 3. The van der Waals surface area contributed by atoms with Crippen molar-refractivity contribution in [1.82, 2.24) is 15.3 Å². The quantitative estimate of drug-likeness (QED) is 0.841. The Morgan fingerprint density at radius 2 is 2.12 bits per heavy atom. The first-order valence-corrected chi connectivity index (χ1v) is 8.12. The van der Waals surface area contributed by atoms with E-state index in [0.717, 1.165) is 11.1 Å². The van der Waals surface area contributed by atoms with Gasteiger partial charge < -0.3 is 20.5 Å². The largest absolute Gasteiger partial charge is 0.489 e. The lowest BCUT2D eigenvalue weighted by Gasteiger charge is -2.31. The van der Waals surface area contributed by atoms with E-state index in [4.69, 9.17) is 15.2 Å². The lowest BCUT2D eigenvalue weighted by Crippen LogP contribution is -2.47. The van der Waals surface area contributed by atoms with Gasteiger partial charge in [0.15, 0.2) is 0 Å². The predicted molar refractivity (Wildman–Crippen MR) is 92.6 cm³/mol. The second-order valence-corrected chi connectivity index (χ2v) is 6.12. The summed E-state index contributed by atoms with van der Waals surface area (Å²) in [5, 5.41) is 2.68. The third-order valence-corrected chi connectivity index (χ3v) is 4.40. The Morgan fingerprint density at radius 1 is 1.35 bits per heavy atom. The Hall–Kier alpha value is -3.36. The van der Waals surface area contributed by atoms with E-state index in [0.29, 0.717) is 11.4 Å². The molecule has 0 spiro atoms. The van der Waals surface area contributed by atoms with Gasteiger partial charge in [-0.1, -0.05) is 6.07 Å². The van der Waals surface area contributed by atoms with Gasteiger partial charge in [-0.3, -0.25) is 9.69 Å². The van der Waals surface area contributed by atoms with E-state index in [2.05, 4.69) is 15.3 Å². The van der Waals surface area contributed by atoms with Crippen molar-refractivity contribution < 1.29 is 19.1 Å². The molecule has 1 saturated heterocycles. The van der Waals surface area contributed by atoms with Crippen molar-refractivity contribution in [2.45, 2.75) is 19.1 Å². The van der Waals surface area contributed by atoms with E-state index in [9.17, 15) is 9.59 Å². The monoisotopic (exact) mass is 355 g/mol. The van der Waals surface area contributed by atoms with E-state index < -0.39 is 12.2 Å². The second-order valence-electron chi connectivity index (χ2n) is 6.12. The Kier molecular flexibility index (Phi) is 3.83. The summed E-state index contributed by atoms with van der Waals surface area (Å²) in [5.74, 6) is 0.607. The SMILES string of the molecule is CC(=O)NCC1OC(=O)N2c3ccc(-c4cnc(N)nc4)cc3OCC12. The number of nitrogens with one attached hydrogen (secondary N) is 1. The summed E-state index contributed by atoms with van der Waals surface area (Å²) in [4.78, 5) is 33.0. The maximum Gasteiger partial charge on any atom is 0.415 e. The van der Waals surface area contributed by atoms with Crippen LogP contribution >= 0.6 is 0 Å². The first-order chi connectivity index (χ1) is 12.5. The van der Waals surface area contributed by atoms with Crippen molar-refractivity contribution >= 4 is 23.6 Å². The standard InChI is InChI=1S/C17H17N5O4/c1-9(23)19-7-15-13-8-25-14-4-10(11-5-20-16(18)21-6-11)2-3-12(14)22(13)17(24)26-15/h2-6,13,15H,7-8H2,1H3,(H,19,23)(H2,18,20,21). The number of benzene rings is 1. The van der Waals surface area contributed by atoms with Crippen LogP contribution in [0.4, 0.5) is 16.4 Å². The molecule has 9 nitrogen and oxygen atoms in total. The minimum absolute atomic E-state index is 0.174. The smallest absolute Gasteiger partial charge is 0.415 e. The molecule has 9 heteroatoms. The lowest BCUT2D eigenvalue weighted by atomic mass is 10.0. The van der Waals surface area contributed by atoms with Crippen LogP contribution in [0, 0.1) is 0 Å². The molecule has 0 aliphatic carbocycles. The van der Waals surface area contributed by atoms with Crippen molar-refractivity contribution in [3.8, 4) is 16.9 Å². The van der Waals surface area contributed by atoms with Crippen molar-refractivity contribution in [2.75, 3.05) is 23.8 Å². The molecule has 1 fully saturated rings. The molecule has 0 radical (unpaired) electrons. The zero-order chi connectivity index (χ0) is 18.3. The van der Waals surface area contributed by atoms with Crippen LogP contribution in [-0.4, -0.2) is 47.3 Å². The zero-order valence-corrected chi connectivity index (χ0v) is 14.0. The van der Waals surface area contributed by atoms with Crippen molar-refractivity contribution in [3.05, 3.63) is 30.6 Å². The van der Waals surface area contributed by atoms with Gasteiger partial charge in [-0.25, -0.2) is 14.8 Å². The molecule has 2 aliphatic rings. The lowest BCUT2D eigenvalue weighted by molar-refractivity contribution is -0.119. The fraction of sp³-hybridized carbons (Fsp3) is 0.294. The van der Waals surface area contributed by atoms with E-state index in [1.54, 1.807) is 23.4 Å². The summed E-state index contributed by atoms with van der Waals surface area (Å²) in [6.07, 6.45) is 2.36. The topological polar surface area (TPSA) is 120 Å². The highest BCUT2D eigenvalue weighted by molar-refractivity contribution is 5.94. The molecule has 26 heavy (non-hydrogen) atoms. The summed E-state index contributed by atoms with van der Waals surface area (Å²) >= 11 is 0. The molecule has 134 valence electrons. The van der Waals surface area contributed by atoms with E-state index in [-0.39, 0.29) is 31.0 Å². The molecular weight excluding hydrogens is 338 g/mol. The maximum absolute atomic E-state index is 12.3. The molecule has 2 aliphatic heterocycles. The number of carbonyl (C=O) groups is 2. The number of hydrogen-bond acceptors (Lipinski definition) is 7. The van der Waals surface area contributed by atoms with Gasteiger partial charge >= 0.3 is 6.09 Å². The average molecular weight is 355 g/mol. The van der Waals surface area contributed by atoms with E-state index in [1.807, 2.05) is 12.1 Å². The van der Waals surface area contributed by atoms with E-state index >= 15 is 0 Å². The fourth-order valence-electron chi connectivity index (χ4n) is 3.12. The van der Waals surface area contributed by atoms with Crippen LogP contribution in [0.15, 0.2) is 30.6 Å². The molecule has 1 aromatic heterocycles. The van der Waals surface area contributed by atoms with Crippen molar-refractivity contribution in [3.63, 3.8) is 0 Å². The predicted octanol–water partition coefficient (Wildman–Crippen LogP) is 0.948. The van der Waals surface area contributed by atoms with E-state index in [1.165, 1.54) is 6.92 Å². The Balaban J connectivity index is 1.61. The summed E-state index contributed by atoms with van der Waals surface area (Å²) in [5.41, 5.74) is 7.79. The van der Waals surface area contributed by atoms with Gasteiger partial charge in [-0.05, 0) is 17.7 Å². The third-order valence-electron chi connectivity index (χ3n) is 4.40. The van der Waals surface area contributed by atoms with Crippen molar-refractivity contribution in [2.24, 2.45) is 0 Å². The number of hydrogen-bond donors (Lipinski definition) is 2. The average Bonchev–Trinajstić information content (AvgIpc) is 2.96. The number of nitrogen functional groups attached to an aromatic ring is 1. The van der Waals surface area contributed by atoms with Gasteiger partial charge in [0.25, 0.3) is 0 Å². The molecule has 2 atom stereocenters. The van der Waals surface area contributed by atoms with Crippen LogP contribution in [0.3, 0.4) is 0 Å². The molecule has 2 unspecified atom stereocenters. The number of cyclic esters (lactones) is 1. The minimum Gasteiger partial charge on any atom is -0.489 e. The minimum atomic E-state index is -0.454. The van der Waals surface area contributed by atoms with Crippen LogP contribution < -0.4 is 20.7 Å². The van der Waals surface area contributed by atoms with Crippen LogP contribution in [0.2, 0.25) is 0 Å². The number of nitrogens with zero attached hydrogens (tertiary/aromatic N) is 3. The maximum atomic E-state index is 12.3. The molecule has 3 N–H and O–H groups in total. The molecule has 0 saturated carbocycles. The van der Waals surface area contributed by atoms with Gasteiger partial charge in [0, 0.05) is 24.9 Å². The van der Waals surface area contributed by atoms with Gasteiger partial charge in [0.2, 0.25) is 11.9 Å². The Bertz CT molecular complexity index is 870. The van der Waals surface area contributed by atoms with Crippen LogP contribution in [0.25, 0.3) is 11.1 Å². The number of amides is 2. The number of fused-ring (bicyclic) bond motifs is 3. The number of carbonyl (C=O) groups excluding carboxylic acids is 2. The van der Waals surface area contributed by atoms with Gasteiger partial charge in [-0.2, -0.15) is 0 Å². The van der Waals surface area contributed by atoms with Crippen LogP contribution in [-0.2, 0) is 9.53 Å². The normalized spacial score (nSPS) is 20.7. The molecule has 4 rings (SSSR count). The Morgan fingerprint density at radius 3 is 2.85 bits per heavy atom. The fourth-order valence-corrected chi connectivity index (χ4v) is 3.12. The highest BCUT2D eigenvalue weighted by atomic mass is 16.6. The Labute approximate surface area is 149 Å². The first-order valence-electron chi connectivity index (χ1n) is 8.12. The molecule has 1 aromatic carbocycles. The molecule has 0 bridgehead atoms. The van der Waals surface area contributed by atoms with Gasteiger partial charge in [0.05, 0.1) is 12.2 Å². The summed E-state index contributed by atoms with van der Waals surface area (Å²) in [6, 6.07) is 5.20. The third kappa shape index (κ3) is 2.77. The number of nitrogens with two attached hydrogens (primary N) is 1. The number of anilines is 2. The number of ether oxygens (including phenoxy) is 2. The summed E-state index contributed by atoms with van der Waals surface area (Å²) in [7, 11) is 0. The highest BCUT2D eigenvalue weighted by Gasteiger charge is 2.46. The first kappa shape index (κ1) is 16.1. The van der Waals surface area contributed by atoms with Gasteiger partial charge in [-0.15, -0.1) is 0 Å². The van der Waals surface area contributed by atoms with Crippen LogP contribution in [0.1, 0.15) is 6.92 Å². The molecule has 2 amide bonds. The van der Waals surface area contributed by atoms with Crippen LogP contribution in [0.5, 0.6) is 5.75 Å². The van der Waals surface area contributed by atoms with Crippen molar-refractivity contribution in [1.29, 1.82) is 0 Å². The summed E-state index contributed by atoms with van der Waals surface area (Å²) < 4.78 is 11.3. The molecular formula is C17H17N5O4. The highest BCUT2D eigenvalue weighted by Crippen LogP contribution is 2.40. The second kappa shape index (κ2) is 6.17. The number of aromatic nitrogens is 2. The molecule has 3 heterocycles. The summed E-state index contributed by atoms with van der Waals surface area (Å²) in [6.45, 7) is 1.95. The van der Waals surface area contributed by atoms with Gasteiger partial charge in [0.1, 0.15) is 24.5 Å².